The van der Waals surface area contributed by atoms with Crippen molar-refractivity contribution in [2.45, 2.75) is 38.1 Å². The number of carbonyl (C=O) groups is 1. The number of anilines is 3. The van der Waals surface area contributed by atoms with Gasteiger partial charge in [0.05, 0.1) is 36.7 Å². The van der Waals surface area contributed by atoms with E-state index in [1.165, 1.54) is 0 Å². The molecule has 2 aromatic carbocycles. The number of nitrogens with two attached hydrogens (primary N) is 2. The normalized spacial score (nSPS) is 22.9. The standard InChI is InChI=1S/C25H30N4O3/c1-16-24(18-6-11-21(32-3)12-7-18)29(19-8-13-22(26)23(27)14-19)25(30)28(16)15-17-4-9-20(31-2)10-5-17/h4-11,13-14,16,21,24H,12,15,26-27H2,1-3H3/t16-,21?,24-/m1/s1. The van der Waals surface area contributed by atoms with Crippen LogP contribution in [0.15, 0.2) is 66.3 Å². The van der Waals surface area contributed by atoms with Crippen molar-refractivity contribution in [1.82, 2.24) is 4.90 Å². The van der Waals surface area contributed by atoms with Crippen LogP contribution in [0.2, 0.25) is 0 Å². The van der Waals surface area contributed by atoms with E-state index in [9.17, 15) is 4.79 Å². The molecule has 7 heteroatoms. The molecule has 0 radical (unpaired) electrons. The van der Waals surface area contributed by atoms with E-state index in [0.717, 1.165) is 29.0 Å². The van der Waals surface area contributed by atoms with Gasteiger partial charge in [0.25, 0.3) is 0 Å². The van der Waals surface area contributed by atoms with Gasteiger partial charge in [-0.1, -0.05) is 30.4 Å². The maximum absolute atomic E-state index is 13.7. The monoisotopic (exact) mass is 434 g/mol. The third kappa shape index (κ3) is 4.03. The van der Waals surface area contributed by atoms with E-state index in [2.05, 4.69) is 19.1 Å². The SMILES string of the molecule is COc1ccc(CN2C(=O)N(c3ccc(N)c(N)c3)[C@@H](C3=CCC(OC)C=C3)[C@H]2C)cc1. The highest BCUT2D eigenvalue weighted by atomic mass is 16.5. The number of hydrogen-bond donors (Lipinski definition) is 2. The second kappa shape index (κ2) is 8.96. The number of rotatable bonds is 6. The highest BCUT2D eigenvalue weighted by molar-refractivity contribution is 5.97. The summed E-state index contributed by atoms with van der Waals surface area (Å²) in [6.07, 6.45) is 7.11. The predicted molar refractivity (Wildman–Crippen MR) is 128 cm³/mol. The molecule has 0 spiro atoms. The summed E-state index contributed by atoms with van der Waals surface area (Å²) in [6, 6.07) is 12.9. The Kier molecular flexibility index (Phi) is 6.10. The Morgan fingerprint density at radius 1 is 1.06 bits per heavy atom. The zero-order valence-corrected chi connectivity index (χ0v) is 18.7. The third-order valence-corrected chi connectivity index (χ3v) is 6.27. The number of hydrogen-bond acceptors (Lipinski definition) is 5. The highest BCUT2D eigenvalue weighted by Crippen LogP contribution is 2.37. The summed E-state index contributed by atoms with van der Waals surface area (Å²) < 4.78 is 10.7. The largest absolute Gasteiger partial charge is 0.497 e. The smallest absolute Gasteiger partial charge is 0.325 e. The van der Waals surface area contributed by atoms with Crippen molar-refractivity contribution in [3.63, 3.8) is 0 Å². The number of ether oxygens (including phenoxy) is 2. The van der Waals surface area contributed by atoms with Crippen molar-refractivity contribution in [2.24, 2.45) is 0 Å². The first kappa shape index (κ1) is 21.8. The Morgan fingerprint density at radius 2 is 1.81 bits per heavy atom. The zero-order valence-electron chi connectivity index (χ0n) is 18.7. The second-order valence-electron chi connectivity index (χ2n) is 8.20. The van der Waals surface area contributed by atoms with Gasteiger partial charge in [0.15, 0.2) is 0 Å². The molecule has 1 saturated heterocycles. The topological polar surface area (TPSA) is 94.0 Å². The quantitative estimate of drug-likeness (QED) is 0.671. The van der Waals surface area contributed by atoms with Crippen LogP contribution in [0.1, 0.15) is 18.9 Å². The Balaban J connectivity index is 1.69. The van der Waals surface area contributed by atoms with Crippen LogP contribution in [0, 0.1) is 0 Å². The number of methoxy groups -OCH3 is 2. The highest BCUT2D eigenvalue weighted by Gasteiger charge is 2.45. The zero-order chi connectivity index (χ0) is 22.8. The minimum Gasteiger partial charge on any atom is -0.497 e. The number of amides is 2. The minimum atomic E-state index is -0.155. The van der Waals surface area contributed by atoms with Crippen molar-refractivity contribution in [3.8, 4) is 5.75 Å². The van der Waals surface area contributed by atoms with Crippen molar-refractivity contribution >= 4 is 23.1 Å². The number of urea groups is 1. The van der Waals surface area contributed by atoms with E-state index < -0.39 is 0 Å². The summed E-state index contributed by atoms with van der Waals surface area (Å²) in [5.74, 6) is 0.789. The van der Waals surface area contributed by atoms with Gasteiger partial charge in [0, 0.05) is 19.3 Å². The fraction of sp³-hybridized carbons (Fsp3) is 0.320. The second-order valence-corrected chi connectivity index (χ2v) is 8.20. The van der Waals surface area contributed by atoms with Gasteiger partial charge in [0.2, 0.25) is 0 Å². The van der Waals surface area contributed by atoms with Crippen LogP contribution >= 0.6 is 0 Å². The molecule has 0 aromatic heterocycles. The molecule has 32 heavy (non-hydrogen) atoms. The van der Waals surface area contributed by atoms with Crippen LogP contribution in [0.25, 0.3) is 0 Å². The van der Waals surface area contributed by atoms with Crippen molar-refractivity contribution in [2.75, 3.05) is 30.6 Å². The van der Waals surface area contributed by atoms with Gasteiger partial charge in [-0.05, 0) is 54.8 Å². The van der Waals surface area contributed by atoms with Gasteiger partial charge in [0.1, 0.15) is 5.75 Å². The summed E-state index contributed by atoms with van der Waals surface area (Å²) in [4.78, 5) is 17.4. The minimum absolute atomic E-state index is 0.0571. The fourth-order valence-electron chi connectivity index (χ4n) is 4.38. The Labute approximate surface area is 188 Å². The van der Waals surface area contributed by atoms with Gasteiger partial charge in [-0.25, -0.2) is 4.79 Å². The molecule has 1 aliphatic heterocycles. The predicted octanol–water partition coefficient (Wildman–Crippen LogP) is 3.96. The average molecular weight is 435 g/mol. The van der Waals surface area contributed by atoms with Gasteiger partial charge in [-0.3, -0.25) is 4.90 Å². The molecule has 1 unspecified atom stereocenters. The Morgan fingerprint density at radius 3 is 2.41 bits per heavy atom. The molecule has 1 heterocycles. The molecule has 2 amide bonds. The van der Waals surface area contributed by atoms with Crippen LogP contribution in [0.3, 0.4) is 0 Å². The van der Waals surface area contributed by atoms with Crippen LogP contribution < -0.4 is 21.1 Å². The molecule has 0 bridgehead atoms. The summed E-state index contributed by atoms with van der Waals surface area (Å²) >= 11 is 0. The number of carbonyl (C=O) groups excluding carboxylic acids is 1. The number of benzene rings is 2. The molecule has 2 aromatic rings. The van der Waals surface area contributed by atoms with E-state index in [0.29, 0.717) is 17.9 Å². The Hall–Kier alpha value is -3.45. The van der Waals surface area contributed by atoms with Gasteiger partial charge < -0.3 is 25.8 Å². The first-order chi connectivity index (χ1) is 15.4. The molecule has 1 aliphatic carbocycles. The van der Waals surface area contributed by atoms with Crippen LogP contribution in [-0.2, 0) is 11.3 Å². The van der Waals surface area contributed by atoms with Crippen LogP contribution in [0.4, 0.5) is 21.9 Å². The van der Waals surface area contributed by atoms with Crippen LogP contribution in [0.5, 0.6) is 5.75 Å². The lowest BCUT2D eigenvalue weighted by Crippen LogP contribution is -2.37. The molecule has 2 aliphatic rings. The van der Waals surface area contributed by atoms with Crippen molar-refractivity contribution in [1.29, 1.82) is 0 Å². The molecule has 3 atom stereocenters. The van der Waals surface area contributed by atoms with Crippen molar-refractivity contribution < 1.29 is 14.3 Å². The molecule has 168 valence electrons. The molecule has 0 saturated carbocycles. The van der Waals surface area contributed by atoms with Gasteiger partial charge >= 0.3 is 6.03 Å². The number of nitrogens with zero attached hydrogens (tertiary/aromatic N) is 2. The lowest BCUT2D eigenvalue weighted by atomic mass is 9.93. The lowest BCUT2D eigenvalue weighted by molar-refractivity contribution is 0.142. The van der Waals surface area contributed by atoms with Crippen molar-refractivity contribution in [3.05, 3.63) is 71.8 Å². The molecule has 7 nitrogen and oxygen atoms in total. The molecule has 4 rings (SSSR count). The maximum atomic E-state index is 13.7. The molecular formula is C25H30N4O3. The van der Waals surface area contributed by atoms with E-state index in [1.807, 2.05) is 46.2 Å². The van der Waals surface area contributed by atoms with Gasteiger partial charge in [-0.15, -0.1) is 0 Å². The van der Waals surface area contributed by atoms with Gasteiger partial charge in [-0.2, -0.15) is 0 Å². The van der Waals surface area contributed by atoms with E-state index in [-0.39, 0.29) is 24.2 Å². The summed E-state index contributed by atoms with van der Waals surface area (Å²) in [5, 5.41) is 0. The van der Waals surface area contributed by atoms with E-state index in [1.54, 1.807) is 26.4 Å². The number of nitrogen functional groups attached to an aromatic ring is 2. The maximum Gasteiger partial charge on any atom is 0.325 e. The lowest BCUT2D eigenvalue weighted by Gasteiger charge is -2.29. The van der Waals surface area contributed by atoms with E-state index in [4.69, 9.17) is 20.9 Å². The average Bonchev–Trinajstić information content (AvgIpc) is 3.06. The Bertz CT molecular complexity index is 1050. The first-order valence-electron chi connectivity index (χ1n) is 10.7. The summed E-state index contributed by atoms with van der Waals surface area (Å²) in [6.45, 7) is 2.59. The molecule has 4 N–H and O–H groups in total. The molecular weight excluding hydrogens is 404 g/mol. The molecule has 1 fully saturated rings. The van der Waals surface area contributed by atoms with Crippen LogP contribution in [-0.4, -0.2) is 43.3 Å². The summed E-state index contributed by atoms with van der Waals surface area (Å²) in [5.41, 5.74) is 15.8. The van der Waals surface area contributed by atoms with E-state index >= 15 is 0 Å². The summed E-state index contributed by atoms with van der Waals surface area (Å²) in [7, 11) is 3.34. The fourth-order valence-corrected chi connectivity index (χ4v) is 4.38. The third-order valence-electron chi connectivity index (χ3n) is 6.27. The first-order valence-corrected chi connectivity index (χ1v) is 10.7.